The number of carboxylic acids is 1. The maximum Gasteiger partial charge on any atom is 0.303 e. The van der Waals surface area contributed by atoms with Gasteiger partial charge in [-0.15, -0.1) is 0 Å². The van der Waals surface area contributed by atoms with Gasteiger partial charge >= 0.3 is 5.97 Å². The molecule has 150 valence electrons. The second-order valence-corrected chi connectivity index (χ2v) is 8.89. The van der Waals surface area contributed by atoms with Gasteiger partial charge in [-0.3, -0.25) is 19.6 Å². The summed E-state index contributed by atoms with van der Waals surface area (Å²) in [5.41, 5.74) is 2.16. The molecular formula is C20H26N4O3S. The first-order valence-corrected chi connectivity index (χ1v) is 10.7. The van der Waals surface area contributed by atoms with E-state index in [1.54, 1.807) is 17.5 Å². The molecule has 7 nitrogen and oxygen atoms in total. The fourth-order valence-electron chi connectivity index (χ4n) is 4.77. The molecule has 2 atom stereocenters. The summed E-state index contributed by atoms with van der Waals surface area (Å²) in [4.78, 5) is 28.3. The Morgan fingerprint density at radius 3 is 2.89 bits per heavy atom. The van der Waals surface area contributed by atoms with Crippen LogP contribution < -0.4 is 0 Å². The van der Waals surface area contributed by atoms with Crippen LogP contribution in [0, 0.1) is 11.3 Å². The molecule has 28 heavy (non-hydrogen) atoms. The minimum absolute atomic E-state index is 0.115. The zero-order valence-corrected chi connectivity index (χ0v) is 16.7. The zero-order valence-electron chi connectivity index (χ0n) is 15.8. The van der Waals surface area contributed by atoms with Crippen LogP contribution in [0.4, 0.5) is 0 Å². The first-order valence-electron chi connectivity index (χ1n) is 9.75. The average Bonchev–Trinajstić information content (AvgIpc) is 3.42. The van der Waals surface area contributed by atoms with Gasteiger partial charge in [-0.05, 0) is 47.2 Å². The number of fused-ring (bicyclic) bond motifs is 1. The number of aliphatic carboxylic acids is 1. The molecule has 4 heterocycles. The van der Waals surface area contributed by atoms with Crippen molar-refractivity contribution < 1.29 is 14.7 Å². The highest BCUT2D eigenvalue weighted by atomic mass is 32.1. The number of rotatable bonds is 8. The van der Waals surface area contributed by atoms with E-state index in [-0.39, 0.29) is 17.7 Å². The molecule has 0 radical (unpaired) electrons. The van der Waals surface area contributed by atoms with Gasteiger partial charge < -0.3 is 10.0 Å². The lowest BCUT2D eigenvalue weighted by Crippen LogP contribution is -2.37. The number of hydrogen-bond donors (Lipinski definition) is 2. The molecule has 2 fully saturated rings. The minimum Gasteiger partial charge on any atom is -0.481 e. The van der Waals surface area contributed by atoms with Crippen molar-refractivity contribution in [2.24, 2.45) is 11.3 Å². The van der Waals surface area contributed by atoms with E-state index >= 15 is 0 Å². The third-order valence-corrected chi connectivity index (χ3v) is 6.91. The molecular weight excluding hydrogens is 376 g/mol. The summed E-state index contributed by atoms with van der Waals surface area (Å²) in [7, 11) is 0. The van der Waals surface area contributed by atoms with Crippen molar-refractivity contribution in [1.82, 2.24) is 20.0 Å². The highest BCUT2D eigenvalue weighted by Gasteiger charge is 2.52. The third-order valence-electron chi connectivity index (χ3n) is 6.18. The molecule has 2 aromatic heterocycles. The van der Waals surface area contributed by atoms with Crippen molar-refractivity contribution in [3.63, 3.8) is 0 Å². The Hall–Kier alpha value is -2.19. The van der Waals surface area contributed by atoms with Gasteiger partial charge in [0, 0.05) is 62.9 Å². The number of amides is 1. The molecule has 8 heteroatoms. The summed E-state index contributed by atoms with van der Waals surface area (Å²) in [6, 6.07) is 4.04. The molecule has 0 spiro atoms. The second-order valence-electron chi connectivity index (χ2n) is 8.11. The van der Waals surface area contributed by atoms with Crippen molar-refractivity contribution in [3.8, 4) is 0 Å². The standard InChI is InChI=1S/C20H26N4O3S/c25-18(2-1-15-5-8-28-12-15)24-10-16-9-23(11-17-4-7-21-22-17)13-20(16,14-24)6-3-19(26)27/h4-5,7-8,12,16H,1-3,6,9-11,13-14H2,(H,21,22)(H,26,27). The Bertz CT molecular complexity index is 808. The smallest absolute Gasteiger partial charge is 0.303 e. The van der Waals surface area contributed by atoms with E-state index in [9.17, 15) is 14.7 Å². The SMILES string of the molecule is O=C(O)CCC12CN(Cc3ccn[nH]3)CC1CN(C(=O)CCc1ccsc1)C2. The first kappa shape index (κ1) is 19.1. The Morgan fingerprint density at radius 1 is 1.29 bits per heavy atom. The van der Waals surface area contributed by atoms with Crippen LogP contribution >= 0.6 is 11.3 Å². The van der Waals surface area contributed by atoms with Gasteiger partial charge in [0.25, 0.3) is 0 Å². The van der Waals surface area contributed by atoms with E-state index in [0.717, 1.165) is 38.3 Å². The van der Waals surface area contributed by atoms with E-state index in [0.29, 0.717) is 25.3 Å². The van der Waals surface area contributed by atoms with Crippen molar-refractivity contribution in [1.29, 1.82) is 0 Å². The van der Waals surface area contributed by atoms with Crippen molar-refractivity contribution in [2.75, 3.05) is 26.2 Å². The molecule has 2 aromatic rings. The zero-order chi connectivity index (χ0) is 19.6. The van der Waals surface area contributed by atoms with Crippen LogP contribution in [0.3, 0.4) is 0 Å². The third kappa shape index (κ3) is 4.12. The molecule has 2 N–H and O–H groups in total. The molecule has 4 rings (SSSR count). The molecule has 0 saturated carbocycles. The fourth-order valence-corrected chi connectivity index (χ4v) is 5.48. The minimum atomic E-state index is -0.762. The van der Waals surface area contributed by atoms with E-state index in [4.69, 9.17) is 0 Å². The van der Waals surface area contributed by atoms with Gasteiger partial charge in [0.1, 0.15) is 0 Å². The topological polar surface area (TPSA) is 89.5 Å². The summed E-state index contributed by atoms with van der Waals surface area (Å²) in [5, 5.41) is 20.4. The lowest BCUT2D eigenvalue weighted by Gasteiger charge is -2.29. The Kier molecular flexibility index (Phi) is 5.50. The van der Waals surface area contributed by atoms with Gasteiger partial charge in [-0.2, -0.15) is 16.4 Å². The van der Waals surface area contributed by atoms with Gasteiger partial charge in [0.05, 0.1) is 0 Å². The number of carboxylic acid groups (broad SMARTS) is 1. The van der Waals surface area contributed by atoms with Crippen LogP contribution in [0.15, 0.2) is 29.1 Å². The summed E-state index contributed by atoms with van der Waals surface area (Å²) in [5.74, 6) is -0.238. The van der Waals surface area contributed by atoms with Crippen LogP contribution in [0.5, 0.6) is 0 Å². The molecule has 2 aliphatic rings. The van der Waals surface area contributed by atoms with Crippen molar-refractivity contribution >= 4 is 23.2 Å². The van der Waals surface area contributed by atoms with E-state index in [2.05, 4.69) is 26.5 Å². The number of aromatic nitrogens is 2. The maximum atomic E-state index is 12.8. The Balaban J connectivity index is 1.40. The summed E-state index contributed by atoms with van der Waals surface area (Å²) >= 11 is 1.65. The number of nitrogens with zero attached hydrogens (tertiary/aromatic N) is 3. The normalized spacial score (nSPS) is 24.6. The lowest BCUT2D eigenvalue weighted by molar-refractivity contribution is -0.137. The predicted molar refractivity (Wildman–Crippen MR) is 106 cm³/mol. The molecule has 0 bridgehead atoms. The maximum absolute atomic E-state index is 12.8. The average molecular weight is 403 g/mol. The Morgan fingerprint density at radius 2 is 2.18 bits per heavy atom. The highest BCUT2D eigenvalue weighted by Crippen LogP contribution is 2.46. The van der Waals surface area contributed by atoms with Gasteiger partial charge in [0.15, 0.2) is 0 Å². The van der Waals surface area contributed by atoms with Crippen molar-refractivity contribution in [2.45, 2.75) is 32.2 Å². The van der Waals surface area contributed by atoms with E-state index in [1.807, 2.05) is 16.3 Å². The summed E-state index contributed by atoms with van der Waals surface area (Å²) in [6.45, 7) is 3.93. The predicted octanol–water partition coefficient (Wildman–Crippen LogP) is 2.23. The Labute approximate surface area is 168 Å². The monoisotopic (exact) mass is 402 g/mol. The van der Waals surface area contributed by atoms with Crippen molar-refractivity contribution in [3.05, 3.63) is 40.3 Å². The van der Waals surface area contributed by atoms with Gasteiger partial charge in [-0.1, -0.05) is 0 Å². The van der Waals surface area contributed by atoms with E-state index in [1.165, 1.54) is 5.56 Å². The highest BCUT2D eigenvalue weighted by molar-refractivity contribution is 7.07. The van der Waals surface area contributed by atoms with E-state index < -0.39 is 5.97 Å². The van der Waals surface area contributed by atoms with Gasteiger partial charge in [-0.25, -0.2) is 0 Å². The summed E-state index contributed by atoms with van der Waals surface area (Å²) < 4.78 is 0. The first-order chi connectivity index (χ1) is 13.5. The largest absolute Gasteiger partial charge is 0.481 e. The number of carbonyl (C=O) groups excluding carboxylic acids is 1. The number of thiophene rings is 1. The lowest BCUT2D eigenvalue weighted by atomic mass is 9.77. The number of H-pyrrole nitrogens is 1. The van der Waals surface area contributed by atoms with Crippen LogP contribution in [-0.2, 0) is 22.6 Å². The fraction of sp³-hybridized carbons (Fsp3) is 0.550. The summed E-state index contributed by atoms with van der Waals surface area (Å²) in [6.07, 6.45) is 3.83. The number of carbonyl (C=O) groups is 2. The van der Waals surface area contributed by atoms with Crippen LogP contribution in [0.2, 0.25) is 0 Å². The molecule has 2 aliphatic heterocycles. The quantitative estimate of drug-likeness (QED) is 0.707. The molecule has 0 aliphatic carbocycles. The number of aromatic amines is 1. The molecule has 2 unspecified atom stereocenters. The number of nitrogens with one attached hydrogen (secondary N) is 1. The number of hydrogen-bond acceptors (Lipinski definition) is 5. The van der Waals surface area contributed by atoms with Crippen LogP contribution in [0.1, 0.15) is 30.5 Å². The second kappa shape index (κ2) is 8.05. The molecule has 2 saturated heterocycles. The number of aryl methyl sites for hydroxylation is 1. The van der Waals surface area contributed by atoms with Crippen LogP contribution in [-0.4, -0.2) is 63.2 Å². The molecule has 0 aromatic carbocycles. The van der Waals surface area contributed by atoms with Crippen LogP contribution in [0.25, 0.3) is 0 Å². The number of likely N-dealkylation sites (tertiary alicyclic amines) is 2. The van der Waals surface area contributed by atoms with Gasteiger partial charge in [0.2, 0.25) is 5.91 Å². The molecule has 1 amide bonds.